The Morgan fingerprint density at radius 3 is 2.20 bits per heavy atom. The lowest BCUT2D eigenvalue weighted by Gasteiger charge is -2.03. The largest absolute Gasteiger partial charge is 0.367 e. The number of aromatic amines is 1. The van der Waals surface area contributed by atoms with E-state index in [4.69, 9.17) is 4.74 Å². The first kappa shape index (κ1) is 22.6. The van der Waals surface area contributed by atoms with Crippen LogP contribution >= 0.6 is 0 Å². The van der Waals surface area contributed by atoms with Crippen LogP contribution in [0.3, 0.4) is 0 Å². The van der Waals surface area contributed by atoms with Crippen LogP contribution in [-0.4, -0.2) is 16.7 Å². The van der Waals surface area contributed by atoms with Crippen LogP contribution < -0.4 is 0 Å². The monoisotopic (exact) mass is 405 g/mol. The molecule has 1 N–H and O–H groups in total. The van der Waals surface area contributed by atoms with Crippen molar-refractivity contribution >= 4 is 10.9 Å². The van der Waals surface area contributed by atoms with E-state index in [-0.39, 0.29) is 5.60 Å². The average molecular weight is 406 g/mol. The van der Waals surface area contributed by atoms with Gasteiger partial charge in [0.25, 0.3) is 0 Å². The van der Waals surface area contributed by atoms with Crippen molar-refractivity contribution in [3.8, 4) is 0 Å². The van der Waals surface area contributed by atoms with Gasteiger partial charge in [0, 0.05) is 17.1 Å². The molecule has 162 valence electrons. The molecule has 30 heavy (non-hydrogen) atoms. The van der Waals surface area contributed by atoms with Crippen LogP contribution in [0.5, 0.6) is 0 Å². The van der Waals surface area contributed by atoms with Crippen LogP contribution in [0.25, 0.3) is 10.9 Å². The maximum atomic E-state index is 5.68. The van der Waals surface area contributed by atoms with Gasteiger partial charge in [-0.15, -0.1) is 0 Å². The minimum absolute atomic E-state index is 0.127. The third-order valence-electron chi connectivity index (χ3n) is 6.37. The number of hydrogen-bond acceptors (Lipinski definition) is 1. The molecule has 1 aliphatic heterocycles. The fraction of sp³-hybridized carbons (Fsp3) is 0.500. The van der Waals surface area contributed by atoms with Crippen LogP contribution in [-0.2, 0) is 11.2 Å². The molecule has 1 atom stereocenters. The van der Waals surface area contributed by atoms with Gasteiger partial charge < -0.3 is 9.72 Å². The quantitative estimate of drug-likeness (QED) is 0.297. The van der Waals surface area contributed by atoms with Crippen molar-refractivity contribution in [3.05, 3.63) is 71.0 Å². The number of benzene rings is 1. The van der Waals surface area contributed by atoms with Gasteiger partial charge >= 0.3 is 0 Å². The fourth-order valence-electron chi connectivity index (χ4n) is 4.08. The Morgan fingerprint density at radius 1 is 0.933 bits per heavy atom. The van der Waals surface area contributed by atoms with E-state index in [0.29, 0.717) is 6.10 Å². The van der Waals surface area contributed by atoms with E-state index >= 15 is 0 Å². The predicted molar refractivity (Wildman–Crippen MR) is 130 cm³/mol. The number of rotatable bonds is 11. The number of aromatic nitrogens is 1. The van der Waals surface area contributed by atoms with Crippen LogP contribution in [0.2, 0.25) is 0 Å². The Morgan fingerprint density at radius 2 is 1.53 bits per heavy atom. The van der Waals surface area contributed by atoms with Gasteiger partial charge in [-0.3, -0.25) is 0 Å². The van der Waals surface area contributed by atoms with Crippen molar-refractivity contribution in [1.29, 1.82) is 0 Å². The second kappa shape index (κ2) is 10.3. The molecule has 0 bridgehead atoms. The fourth-order valence-corrected chi connectivity index (χ4v) is 4.08. The van der Waals surface area contributed by atoms with Crippen molar-refractivity contribution in [3.63, 3.8) is 0 Å². The number of hydrogen-bond donors (Lipinski definition) is 1. The van der Waals surface area contributed by atoms with Crippen LogP contribution in [0.1, 0.15) is 78.7 Å². The van der Waals surface area contributed by atoms with Gasteiger partial charge in [-0.1, -0.05) is 53.1 Å². The summed E-state index contributed by atoms with van der Waals surface area (Å²) >= 11 is 0. The number of epoxide rings is 1. The third kappa shape index (κ3) is 6.74. The molecule has 1 saturated heterocycles. The van der Waals surface area contributed by atoms with E-state index in [2.05, 4.69) is 88.3 Å². The summed E-state index contributed by atoms with van der Waals surface area (Å²) in [5, 5.41) is 1.34. The topological polar surface area (TPSA) is 28.3 Å². The van der Waals surface area contributed by atoms with E-state index in [1.807, 2.05) is 0 Å². The van der Waals surface area contributed by atoms with Crippen molar-refractivity contribution in [2.75, 3.05) is 0 Å². The molecule has 0 radical (unpaired) electrons. The maximum Gasteiger partial charge on any atom is 0.0892 e. The summed E-state index contributed by atoms with van der Waals surface area (Å²) in [6, 6.07) is 8.54. The van der Waals surface area contributed by atoms with E-state index in [9.17, 15) is 0 Å². The molecule has 0 amide bonds. The van der Waals surface area contributed by atoms with Crippen LogP contribution in [0.15, 0.2) is 65.4 Å². The summed E-state index contributed by atoms with van der Waals surface area (Å²) in [6.45, 7) is 11.2. The molecule has 0 aliphatic carbocycles. The smallest absolute Gasteiger partial charge is 0.0892 e. The lowest BCUT2D eigenvalue weighted by molar-refractivity contribution is 0.320. The molecule has 1 aromatic heterocycles. The van der Waals surface area contributed by atoms with Gasteiger partial charge in [0.1, 0.15) is 0 Å². The minimum Gasteiger partial charge on any atom is -0.367 e. The highest BCUT2D eigenvalue weighted by molar-refractivity contribution is 5.83. The lowest BCUT2D eigenvalue weighted by Crippen LogP contribution is -2.02. The number of para-hydroxylation sites is 1. The van der Waals surface area contributed by atoms with Gasteiger partial charge in [-0.2, -0.15) is 0 Å². The standard InChI is InChI=1S/C28H39NO/c1-21(11-9-13-23(3)17-19-27-28(4,5)30-27)10-8-12-22(2)16-18-24-20-29-26-15-7-6-14-25(24)26/h6-7,10,13-16,20,27,29H,8-9,11-12,17-19H2,1-5H3/b21-10+,22-16+,23-13+/t27-/m0/s1. The zero-order chi connectivity index (χ0) is 21.6. The second-order valence-electron chi connectivity index (χ2n) is 9.54. The van der Waals surface area contributed by atoms with E-state index in [1.165, 1.54) is 39.6 Å². The molecule has 0 unspecified atom stereocenters. The van der Waals surface area contributed by atoms with E-state index in [0.717, 1.165) is 38.5 Å². The summed E-state index contributed by atoms with van der Waals surface area (Å²) in [7, 11) is 0. The predicted octanol–water partition coefficient (Wildman–Crippen LogP) is 8.07. The summed E-state index contributed by atoms with van der Waals surface area (Å²) in [5.41, 5.74) is 7.23. The zero-order valence-electron chi connectivity index (χ0n) is 19.6. The molecule has 1 aliphatic rings. The SMILES string of the molecule is C/C(=C\CC/C(C)=C/Cc1c[nH]c2ccccc12)CC/C=C(\C)CC[C@@H]1OC1(C)C. The summed E-state index contributed by atoms with van der Waals surface area (Å²) in [6.07, 6.45) is 17.8. The van der Waals surface area contributed by atoms with Gasteiger partial charge in [0.2, 0.25) is 0 Å². The molecule has 2 heterocycles. The number of allylic oxidation sites excluding steroid dienone is 6. The highest BCUT2D eigenvalue weighted by Gasteiger charge is 2.46. The Labute approximate surface area is 183 Å². The molecular formula is C28H39NO. The Bertz CT molecular complexity index is 925. The molecule has 0 saturated carbocycles. The first-order valence-corrected chi connectivity index (χ1v) is 11.5. The van der Waals surface area contributed by atoms with E-state index < -0.39 is 0 Å². The zero-order valence-corrected chi connectivity index (χ0v) is 19.6. The van der Waals surface area contributed by atoms with Crippen molar-refractivity contribution in [2.45, 2.75) is 91.3 Å². The number of fused-ring (bicyclic) bond motifs is 1. The Kier molecular flexibility index (Phi) is 7.77. The average Bonchev–Trinajstić information content (AvgIpc) is 3.13. The molecule has 1 aromatic carbocycles. The normalized spacial score (nSPS) is 19.5. The maximum absolute atomic E-state index is 5.68. The molecule has 2 heteroatoms. The van der Waals surface area contributed by atoms with Crippen LogP contribution in [0, 0.1) is 0 Å². The first-order valence-electron chi connectivity index (χ1n) is 11.5. The van der Waals surface area contributed by atoms with Gasteiger partial charge in [-0.25, -0.2) is 0 Å². The highest BCUT2D eigenvalue weighted by atomic mass is 16.6. The number of ether oxygens (including phenoxy) is 1. The van der Waals surface area contributed by atoms with Crippen molar-refractivity contribution < 1.29 is 4.74 Å². The number of nitrogens with one attached hydrogen (secondary N) is 1. The first-order chi connectivity index (χ1) is 14.3. The second-order valence-corrected chi connectivity index (χ2v) is 9.54. The summed E-state index contributed by atoms with van der Waals surface area (Å²) in [4.78, 5) is 3.37. The molecule has 0 spiro atoms. The summed E-state index contributed by atoms with van der Waals surface area (Å²) < 4.78 is 5.68. The van der Waals surface area contributed by atoms with Crippen LogP contribution in [0.4, 0.5) is 0 Å². The number of H-pyrrole nitrogens is 1. The lowest BCUT2D eigenvalue weighted by atomic mass is 10.0. The van der Waals surface area contributed by atoms with Crippen molar-refractivity contribution in [1.82, 2.24) is 4.98 Å². The van der Waals surface area contributed by atoms with Gasteiger partial charge in [0.15, 0.2) is 0 Å². The molecule has 1 fully saturated rings. The van der Waals surface area contributed by atoms with E-state index in [1.54, 1.807) is 0 Å². The minimum atomic E-state index is 0.127. The molecule has 2 aromatic rings. The van der Waals surface area contributed by atoms with Crippen molar-refractivity contribution in [2.24, 2.45) is 0 Å². The summed E-state index contributed by atoms with van der Waals surface area (Å²) in [5.74, 6) is 0. The van der Waals surface area contributed by atoms with Gasteiger partial charge in [-0.05, 0) is 91.2 Å². The highest BCUT2D eigenvalue weighted by Crippen LogP contribution is 2.38. The Balaban J connectivity index is 1.34. The van der Waals surface area contributed by atoms with Gasteiger partial charge in [0.05, 0.1) is 11.7 Å². The molecule has 2 nitrogen and oxygen atoms in total. The Hall–Kier alpha value is -2.06. The third-order valence-corrected chi connectivity index (χ3v) is 6.37. The molecular weight excluding hydrogens is 366 g/mol. The molecule has 3 rings (SSSR count).